The predicted octanol–water partition coefficient (Wildman–Crippen LogP) is 2.11. The van der Waals surface area contributed by atoms with Crippen molar-refractivity contribution in [1.82, 2.24) is 0 Å². The fourth-order valence-corrected chi connectivity index (χ4v) is 2.36. The number of rotatable bonds is 3. The first-order chi connectivity index (χ1) is 7.84. The van der Waals surface area contributed by atoms with Gasteiger partial charge in [-0.25, -0.2) is 13.2 Å². The van der Waals surface area contributed by atoms with Crippen LogP contribution in [-0.2, 0) is 18.6 Å². The summed E-state index contributed by atoms with van der Waals surface area (Å²) in [5.74, 6) is -0.566. The van der Waals surface area contributed by atoms with Crippen molar-refractivity contribution in [2.24, 2.45) is 0 Å². The number of carbonyl (C=O) groups excluding carboxylic acids is 1. The first kappa shape index (κ1) is 13.7. The summed E-state index contributed by atoms with van der Waals surface area (Å²) in [5.41, 5.74) is 1.11. The van der Waals surface area contributed by atoms with E-state index in [9.17, 15) is 13.2 Å². The van der Waals surface area contributed by atoms with E-state index in [1.807, 2.05) is 0 Å². The molecule has 4 nitrogen and oxygen atoms in total. The highest BCUT2D eigenvalue weighted by atomic mass is 35.7. The van der Waals surface area contributed by atoms with E-state index in [4.69, 9.17) is 10.7 Å². The summed E-state index contributed by atoms with van der Waals surface area (Å²) in [6.45, 7) is 1.75. The molecule has 0 N–H and O–H groups in total. The number of hydrogen-bond donors (Lipinski definition) is 0. The van der Waals surface area contributed by atoms with Gasteiger partial charge in [0.2, 0.25) is 0 Å². The average molecular weight is 275 g/mol. The van der Waals surface area contributed by atoms with E-state index in [0.717, 1.165) is 11.6 Å². The molecule has 0 saturated heterocycles. The molecule has 0 aliphatic carbocycles. The molecule has 0 atom stereocenters. The van der Waals surface area contributed by atoms with Gasteiger partial charge >= 0.3 is 5.97 Å². The minimum atomic E-state index is -3.84. The number of benzene rings is 1. The molecule has 0 bridgehead atoms. The number of halogens is 1. The lowest BCUT2D eigenvalue weighted by Gasteiger charge is -2.03. The van der Waals surface area contributed by atoms with Crippen molar-refractivity contribution in [3.63, 3.8) is 0 Å². The SMILES string of the molecule is COC(=O)C=Cc1ccc(C)cc1S(=O)(=O)Cl. The number of aryl methyl sites for hydroxylation is 1. The molecule has 0 aromatic heterocycles. The minimum Gasteiger partial charge on any atom is -0.466 e. The molecule has 1 aromatic carbocycles. The summed E-state index contributed by atoms with van der Waals surface area (Å²) in [6, 6.07) is 4.74. The normalized spacial score (nSPS) is 11.7. The summed E-state index contributed by atoms with van der Waals surface area (Å²) in [7, 11) is 2.70. The topological polar surface area (TPSA) is 60.4 Å². The van der Waals surface area contributed by atoms with Crippen molar-refractivity contribution in [2.45, 2.75) is 11.8 Å². The van der Waals surface area contributed by atoms with Crippen molar-refractivity contribution < 1.29 is 17.9 Å². The first-order valence-electron chi connectivity index (χ1n) is 4.66. The number of hydrogen-bond acceptors (Lipinski definition) is 4. The highest BCUT2D eigenvalue weighted by molar-refractivity contribution is 8.13. The van der Waals surface area contributed by atoms with Gasteiger partial charge in [-0.3, -0.25) is 0 Å². The number of ether oxygens (including phenoxy) is 1. The Morgan fingerprint density at radius 1 is 1.41 bits per heavy atom. The van der Waals surface area contributed by atoms with Gasteiger partial charge in [-0.2, -0.15) is 0 Å². The van der Waals surface area contributed by atoms with E-state index >= 15 is 0 Å². The summed E-state index contributed by atoms with van der Waals surface area (Å²) >= 11 is 0. The summed E-state index contributed by atoms with van der Waals surface area (Å²) in [5, 5.41) is 0. The van der Waals surface area contributed by atoms with E-state index in [1.165, 1.54) is 19.3 Å². The monoisotopic (exact) mass is 274 g/mol. The largest absolute Gasteiger partial charge is 0.466 e. The standard InChI is InChI=1S/C11H11ClO4S/c1-8-3-4-9(5-6-11(13)16-2)10(7-8)17(12,14)15/h3-7H,1-2H3. The molecule has 6 heteroatoms. The van der Waals surface area contributed by atoms with Crippen LogP contribution in [0.2, 0.25) is 0 Å². The van der Waals surface area contributed by atoms with Gasteiger partial charge in [0.1, 0.15) is 0 Å². The van der Waals surface area contributed by atoms with Gasteiger partial charge in [0.05, 0.1) is 12.0 Å². The third-order valence-electron chi connectivity index (χ3n) is 2.03. The number of esters is 1. The van der Waals surface area contributed by atoms with Crippen LogP contribution in [-0.4, -0.2) is 21.5 Å². The molecule has 0 unspecified atom stereocenters. The van der Waals surface area contributed by atoms with Gasteiger partial charge in [0.25, 0.3) is 9.05 Å². The minimum absolute atomic E-state index is 0.0284. The molecular formula is C11H11ClO4S. The lowest BCUT2D eigenvalue weighted by atomic mass is 10.1. The Labute approximate surface area is 104 Å². The maximum absolute atomic E-state index is 11.3. The van der Waals surface area contributed by atoms with Crippen LogP contribution in [0.4, 0.5) is 0 Å². The Balaban J connectivity index is 3.26. The van der Waals surface area contributed by atoms with E-state index < -0.39 is 15.0 Å². The second kappa shape index (κ2) is 5.33. The lowest BCUT2D eigenvalue weighted by molar-refractivity contribution is -0.134. The zero-order valence-corrected chi connectivity index (χ0v) is 10.9. The van der Waals surface area contributed by atoms with Gasteiger partial charge in [0, 0.05) is 16.8 Å². The first-order valence-corrected chi connectivity index (χ1v) is 6.97. The molecule has 0 aliphatic rings. The van der Waals surface area contributed by atoms with Crippen LogP contribution in [0.5, 0.6) is 0 Å². The van der Waals surface area contributed by atoms with Crippen LogP contribution < -0.4 is 0 Å². The molecule has 0 saturated carbocycles. The van der Waals surface area contributed by atoms with Crippen LogP contribution in [0.25, 0.3) is 6.08 Å². The Morgan fingerprint density at radius 3 is 2.59 bits per heavy atom. The quantitative estimate of drug-likeness (QED) is 0.481. The Hall–Kier alpha value is -1.33. The third-order valence-corrected chi connectivity index (χ3v) is 3.41. The Bertz CT molecular complexity index is 561. The summed E-state index contributed by atoms with van der Waals surface area (Å²) in [4.78, 5) is 10.9. The smallest absolute Gasteiger partial charge is 0.330 e. The summed E-state index contributed by atoms with van der Waals surface area (Å²) in [6.07, 6.45) is 2.48. The highest BCUT2D eigenvalue weighted by Gasteiger charge is 2.14. The zero-order chi connectivity index (χ0) is 13.1. The second-order valence-electron chi connectivity index (χ2n) is 3.34. The van der Waals surface area contributed by atoms with E-state index in [-0.39, 0.29) is 4.90 Å². The lowest BCUT2D eigenvalue weighted by Crippen LogP contribution is -1.97. The van der Waals surface area contributed by atoms with Crippen LogP contribution in [0.1, 0.15) is 11.1 Å². The second-order valence-corrected chi connectivity index (χ2v) is 5.87. The van der Waals surface area contributed by atoms with Crippen molar-refractivity contribution >= 4 is 31.8 Å². The molecule has 1 aromatic rings. The van der Waals surface area contributed by atoms with E-state index in [2.05, 4.69) is 4.74 Å². The molecule has 0 amide bonds. The zero-order valence-electron chi connectivity index (χ0n) is 9.31. The van der Waals surface area contributed by atoms with Crippen molar-refractivity contribution in [3.8, 4) is 0 Å². The van der Waals surface area contributed by atoms with Crippen LogP contribution >= 0.6 is 10.7 Å². The van der Waals surface area contributed by atoms with Gasteiger partial charge < -0.3 is 4.74 Å². The summed E-state index contributed by atoms with van der Waals surface area (Å²) < 4.78 is 27.1. The average Bonchev–Trinajstić information content (AvgIpc) is 2.25. The Kier molecular flexibility index (Phi) is 4.31. The molecule has 92 valence electrons. The molecule has 1 rings (SSSR count). The molecule has 0 radical (unpaired) electrons. The number of methoxy groups -OCH3 is 1. The molecule has 0 spiro atoms. The van der Waals surface area contributed by atoms with Crippen molar-refractivity contribution in [2.75, 3.05) is 7.11 Å². The predicted molar refractivity (Wildman–Crippen MR) is 65.3 cm³/mol. The Morgan fingerprint density at radius 2 is 2.06 bits per heavy atom. The maximum Gasteiger partial charge on any atom is 0.330 e. The van der Waals surface area contributed by atoms with Crippen molar-refractivity contribution in [1.29, 1.82) is 0 Å². The molecule has 0 heterocycles. The highest BCUT2D eigenvalue weighted by Crippen LogP contribution is 2.22. The van der Waals surface area contributed by atoms with Crippen molar-refractivity contribution in [3.05, 3.63) is 35.4 Å². The van der Waals surface area contributed by atoms with Gasteiger partial charge in [0.15, 0.2) is 0 Å². The number of carbonyl (C=O) groups is 1. The van der Waals surface area contributed by atoms with Gasteiger partial charge in [-0.05, 0) is 30.2 Å². The molecule has 0 aliphatic heterocycles. The van der Waals surface area contributed by atoms with E-state index in [0.29, 0.717) is 5.56 Å². The van der Waals surface area contributed by atoms with Gasteiger partial charge in [-0.1, -0.05) is 12.1 Å². The maximum atomic E-state index is 11.3. The van der Waals surface area contributed by atoms with Crippen LogP contribution in [0.15, 0.2) is 29.2 Å². The molecular weight excluding hydrogens is 264 g/mol. The van der Waals surface area contributed by atoms with Gasteiger partial charge in [-0.15, -0.1) is 0 Å². The third kappa shape index (κ3) is 3.87. The molecule has 17 heavy (non-hydrogen) atoms. The molecule has 0 fully saturated rings. The van der Waals surface area contributed by atoms with Crippen LogP contribution in [0.3, 0.4) is 0 Å². The fourth-order valence-electron chi connectivity index (χ4n) is 1.22. The van der Waals surface area contributed by atoms with E-state index in [1.54, 1.807) is 19.1 Å². The fraction of sp³-hybridized carbons (Fsp3) is 0.182. The van der Waals surface area contributed by atoms with Crippen LogP contribution in [0, 0.1) is 6.92 Å².